The Kier molecular flexibility index (Phi) is 8.50. The highest BCUT2D eigenvalue weighted by Gasteiger charge is 2.28. The molecule has 0 spiro atoms. The number of benzene rings is 2. The molecular formula is C24H31ClN4O3. The highest BCUT2D eigenvalue weighted by Crippen LogP contribution is 2.23. The molecule has 3 rings (SSSR count). The maximum absolute atomic E-state index is 12.6. The van der Waals surface area contributed by atoms with Crippen LogP contribution in [0.4, 0.5) is 5.69 Å². The molecule has 2 aromatic rings. The maximum Gasteiger partial charge on any atom is 0.253 e. The van der Waals surface area contributed by atoms with Gasteiger partial charge in [-0.25, -0.2) is 0 Å². The minimum absolute atomic E-state index is 0.104. The van der Waals surface area contributed by atoms with Crippen LogP contribution in [-0.2, 0) is 11.3 Å². The molecule has 0 aliphatic carbocycles. The van der Waals surface area contributed by atoms with Gasteiger partial charge < -0.3 is 21.5 Å². The van der Waals surface area contributed by atoms with Gasteiger partial charge in [0.05, 0.1) is 24.8 Å². The van der Waals surface area contributed by atoms with Crippen LogP contribution in [0, 0.1) is 5.92 Å². The molecule has 2 aromatic carbocycles. The van der Waals surface area contributed by atoms with E-state index in [-0.39, 0.29) is 23.8 Å². The van der Waals surface area contributed by atoms with E-state index in [0.29, 0.717) is 17.3 Å². The Hall–Kier alpha value is -2.61. The van der Waals surface area contributed by atoms with E-state index in [9.17, 15) is 9.59 Å². The van der Waals surface area contributed by atoms with E-state index in [1.165, 1.54) is 11.6 Å². The highest BCUT2D eigenvalue weighted by atomic mass is 35.5. The molecule has 1 saturated heterocycles. The maximum atomic E-state index is 12.6. The molecule has 5 N–H and O–H groups in total. The first-order valence-corrected chi connectivity index (χ1v) is 11.3. The number of anilines is 1. The standard InChI is InChI=1S/C24H31ClN4O3/c1-2-32-19-6-3-16(4-7-19)15-29-11-9-17(10-12-29)23(27)22(30)14-28-24(31)20-13-18(25)5-8-21(20)26/h3-8,13,17,23H,2,9-12,14-15,26-27H2,1H3,(H,28,31). The third-order valence-electron chi connectivity index (χ3n) is 5.84. The smallest absolute Gasteiger partial charge is 0.253 e. The van der Waals surface area contributed by atoms with Crippen molar-refractivity contribution < 1.29 is 14.3 Å². The predicted molar refractivity (Wildman–Crippen MR) is 127 cm³/mol. The second kappa shape index (κ2) is 11.3. The number of ether oxygens (including phenoxy) is 1. The predicted octanol–water partition coefficient (Wildman–Crippen LogP) is 2.86. The van der Waals surface area contributed by atoms with Crippen molar-refractivity contribution in [2.75, 3.05) is 32.0 Å². The normalized spacial score (nSPS) is 15.8. The van der Waals surface area contributed by atoms with Crippen molar-refractivity contribution in [3.63, 3.8) is 0 Å². The van der Waals surface area contributed by atoms with Gasteiger partial charge in [0.1, 0.15) is 5.75 Å². The van der Waals surface area contributed by atoms with Crippen LogP contribution < -0.4 is 21.5 Å². The lowest BCUT2D eigenvalue weighted by Crippen LogP contribution is -2.47. The lowest BCUT2D eigenvalue weighted by Gasteiger charge is -2.34. The largest absolute Gasteiger partial charge is 0.494 e. The summed E-state index contributed by atoms with van der Waals surface area (Å²) < 4.78 is 5.49. The number of nitrogens with two attached hydrogens (primary N) is 2. The van der Waals surface area contributed by atoms with Gasteiger partial charge in [0.15, 0.2) is 5.78 Å². The molecule has 1 amide bonds. The molecule has 1 fully saturated rings. The minimum atomic E-state index is -0.598. The number of carbonyl (C=O) groups excluding carboxylic acids is 2. The molecule has 0 saturated carbocycles. The van der Waals surface area contributed by atoms with Crippen LogP contribution in [0.3, 0.4) is 0 Å². The van der Waals surface area contributed by atoms with Crippen LogP contribution in [0.25, 0.3) is 0 Å². The van der Waals surface area contributed by atoms with E-state index in [2.05, 4.69) is 22.3 Å². The van der Waals surface area contributed by atoms with Crippen LogP contribution in [0.2, 0.25) is 5.02 Å². The lowest BCUT2D eigenvalue weighted by molar-refractivity contribution is -0.120. The molecule has 0 aromatic heterocycles. The van der Waals surface area contributed by atoms with E-state index in [4.69, 9.17) is 27.8 Å². The van der Waals surface area contributed by atoms with E-state index in [0.717, 1.165) is 38.2 Å². The number of nitrogen functional groups attached to an aromatic ring is 1. The minimum Gasteiger partial charge on any atom is -0.494 e. The summed E-state index contributed by atoms with van der Waals surface area (Å²) in [7, 11) is 0. The van der Waals surface area contributed by atoms with Gasteiger partial charge in [-0.3, -0.25) is 14.5 Å². The van der Waals surface area contributed by atoms with Crippen molar-refractivity contribution in [1.82, 2.24) is 10.2 Å². The summed E-state index contributed by atoms with van der Waals surface area (Å²) in [4.78, 5) is 27.3. The Labute approximate surface area is 194 Å². The van der Waals surface area contributed by atoms with Crippen LogP contribution in [0.5, 0.6) is 5.75 Å². The molecule has 1 unspecified atom stereocenters. The van der Waals surface area contributed by atoms with Crippen molar-refractivity contribution in [2.45, 2.75) is 32.4 Å². The number of rotatable bonds is 9. The first kappa shape index (κ1) is 24.0. The SMILES string of the molecule is CCOc1ccc(CN2CCC(C(N)C(=O)CNC(=O)c3cc(Cl)ccc3N)CC2)cc1. The summed E-state index contributed by atoms with van der Waals surface area (Å²) in [5, 5.41) is 3.02. The summed E-state index contributed by atoms with van der Waals surface area (Å²) in [6, 6.07) is 12.2. The number of nitrogens with zero attached hydrogens (tertiary/aromatic N) is 1. The molecular weight excluding hydrogens is 428 g/mol. The van der Waals surface area contributed by atoms with Gasteiger partial charge in [-0.15, -0.1) is 0 Å². The topological polar surface area (TPSA) is 111 Å². The molecule has 1 aliphatic heterocycles. The van der Waals surface area contributed by atoms with Gasteiger partial charge >= 0.3 is 0 Å². The number of hydrogen-bond acceptors (Lipinski definition) is 6. The summed E-state index contributed by atoms with van der Waals surface area (Å²) in [6.07, 6.45) is 1.69. The summed E-state index contributed by atoms with van der Waals surface area (Å²) in [5.74, 6) is 0.372. The zero-order valence-electron chi connectivity index (χ0n) is 18.4. The fraction of sp³-hybridized carbons (Fsp3) is 0.417. The molecule has 0 radical (unpaired) electrons. The Morgan fingerprint density at radius 2 is 1.88 bits per heavy atom. The van der Waals surface area contributed by atoms with Gasteiger partial charge in [-0.1, -0.05) is 23.7 Å². The highest BCUT2D eigenvalue weighted by molar-refractivity contribution is 6.31. The number of hydrogen-bond donors (Lipinski definition) is 3. The number of nitrogens with one attached hydrogen (secondary N) is 1. The van der Waals surface area contributed by atoms with Crippen molar-refractivity contribution in [3.8, 4) is 5.75 Å². The number of ketones is 1. The van der Waals surface area contributed by atoms with Crippen LogP contribution in [-0.4, -0.2) is 48.9 Å². The monoisotopic (exact) mass is 458 g/mol. The average Bonchev–Trinajstić information content (AvgIpc) is 2.80. The average molecular weight is 459 g/mol. The van der Waals surface area contributed by atoms with E-state index < -0.39 is 11.9 Å². The summed E-state index contributed by atoms with van der Waals surface area (Å²) in [5.41, 5.74) is 13.8. The van der Waals surface area contributed by atoms with Crippen LogP contribution >= 0.6 is 11.6 Å². The Bertz CT molecular complexity index is 927. The second-order valence-corrected chi connectivity index (χ2v) is 8.53. The number of likely N-dealkylation sites (tertiary alicyclic amines) is 1. The number of piperidine rings is 1. The third-order valence-corrected chi connectivity index (χ3v) is 6.07. The van der Waals surface area contributed by atoms with E-state index >= 15 is 0 Å². The molecule has 8 heteroatoms. The Morgan fingerprint density at radius 3 is 2.53 bits per heavy atom. The lowest BCUT2D eigenvalue weighted by atomic mass is 9.87. The quantitative estimate of drug-likeness (QED) is 0.498. The van der Waals surface area contributed by atoms with Crippen molar-refractivity contribution in [3.05, 3.63) is 58.6 Å². The van der Waals surface area contributed by atoms with Gasteiger partial charge in [0, 0.05) is 17.3 Å². The van der Waals surface area contributed by atoms with E-state index in [1.54, 1.807) is 12.1 Å². The number of amides is 1. The Morgan fingerprint density at radius 1 is 1.19 bits per heavy atom. The fourth-order valence-electron chi connectivity index (χ4n) is 3.95. The van der Waals surface area contributed by atoms with Gasteiger partial charge in [0.25, 0.3) is 5.91 Å². The van der Waals surface area contributed by atoms with Crippen LogP contribution in [0.15, 0.2) is 42.5 Å². The Balaban J connectivity index is 1.44. The zero-order valence-corrected chi connectivity index (χ0v) is 19.1. The van der Waals surface area contributed by atoms with E-state index in [1.807, 2.05) is 19.1 Å². The molecule has 32 heavy (non-hydrogen) atoms. The molecule has 1 atom stereocenters. The van der Waals surface area contributed by atoms with Gasteiger partial charge in [0.2, 0.25) is 0 Å². The summed E-state index contributed by atoms with van der Waals surface area (Å²) >= 11 is 5.93. The van der Waals surface area contributed by atoms with Crippen molar-refractivity contribution in [2.24, 2.45) is 11.7 Å². The fourth-order valence-corrected chi connectivity index (χ4v) is 4.13. The summed E-state index contributed by atoms with van der Waals surface area (Å²) in [6.45, 7) is 5.12. The zero-order chi connectivity index (χ0) is 23.1. The second-order valence-electron chi connectivity index (χ2n) is 8.10. The van der Waals surface area contributed by atoms with Gasteiger partial charge in [-0.2, -0.15) is 0 Å². The van der Waals surface area contributed by atoms with Crippen molar-refractivity contribution in [1.29, 1.82) is 0 Å². The van der Waals surface area contributed by atoms with Crippen LogP contribution in [0.1, 0.15) is 35.7 Å². The van der Waals surface area contributed by atoms with Crippen molar-refractivity contribution >= 4 is 29.0 Å². The number of carbonyl (C=O) groups is 2. The first-order chi connectivity index (χ1) is 15.4. The molecule has 1 aliphatic rings. The molecule has 172 valence electrons. The van der Waals surface area contributed by atoms with Gasteiger partial charge in [-0.05, 0) is 74.7 Å². The third kappa shape index (κ3) is 6.45. The first-order valence-electron chi connectivity index (χ1n) is 10.9. The number of halogens is 1. The molecule has 0 bridgehead atoms. The number of Topliss-reactive ketones (excluding diaryl/α,β-unsaturated/α-hetero) is 1. The molecule has 1 heterocycles. The molecule has 7 nitrogen and oxygen atoms in total.